The monoisotopic (exact) mass is 454 g/mol. The van der Waals surface area contributed by atoms with Crippen molar-refractivity contribution in [3.63, 3.8) is 0 Å². The van der Waals surface area contributed by atoms with E-state index in [9.17, 15) is 4.79 Å². The number of carbonyl (C=O) groups excluding carboxylic acids is 1. The summed E-state index contributed by atoms with van der Waals surface area (Å²) in [4.78, 5) is 22.4. The second kappa shape index (κ2) is 9.14. The first-order chi connectivity index (χ1) is 15.2. The number of benzene rings is 1. The van der Waals surface area contributed by atoms with E-state index in [1.807, 2.05) is 45.3 Å². The smallest absolute Gasteiger partial charge is 0.410 e. The molecule has 1 saturated carbocycles. The van der Waals surface area contributed by atoms with Crippen molar-refractivity contribution in [2.45, 2.75) is 70.6 Å². The van der Waals surface area contributed by atoms with Gasteiger partial charge in [-0.3, -0.25) is 0 Å². The number of aliphatic imine (C=N–C) groups is 1. The Kier molecular flexibility index (Phi) is 6.47. The molecule has 0 saturated heterocycles. The molecule has 172 valence electrons. The molecule has 2 aromatic rings. The average Bonchev–Trinajstić information content (AvgIpc) is 3.42. The molecule has 4 rings (SSSR count). The molecule has 1 aromatic carbocycles. The second-order valence-corrected chi connectivity index (χ2v) is 10.7. The Balaban J connectivity index is 1.37. The third kappa shape index (κ3) is 5.09. The average molecular weight is 455 g/mol. The van der Waals surface area contributed by atoms with Crippen LogP contribution in [0.4, 0.5) is 16.2 Å². The number of thiophene rings is 1. The van der Waals surface area contributed by atoms with Crippen LogP contribution in [0.5, 0.6) is 0 Å². The molecule has 6 nitrogen and oxygen atoms in total. The molecule has 1 fully saturated rings. The van der Waals surface area contributed by atoms with Crippen molar-refractivity contribution in [3.05, 3.63) is 46.2 Å². The van der Waals surface area contributed by atoms with Crippen molar-refractivity contribution in [3.8, 4) is 0 Å². The summed E-state index contributed by atoms with van der Waals surface area (Å²) in [6.45, 7) is 6.77. The van der Waals surface area contributed by atoms with E-state index < -0.39 is 5.60 Å². The van der Waals surface area contributed by atoms with E-state index in [1.54, 1.807) is 16.2 Å². The Labute approximate surface area is 195 Å². The first-order valence-electron chi connectivity index (χ1n) is 11.4. The van der Waals surface area contributed by atoms with Gasteiger partial charge in [-0.15, -0.1) is 11.3 Å². The lowest BCUT2D eigenvalue weighted by atomic mass is 9.89. The van der Waals surface area contributed by atoms with E-state index in [4.69, 9.17) is 10.5 Å². The number of fused-ring (bicyclic) bond motifs is 1. The minimum atomic E-state index is -0.459. The number of carbonyl (C=O) groups is 1. The largest absolute Gasteiger partial charge is 0.444 e. The van der Waals surface area contributed by atoms with E-state index >= 15 is 0 Å². The molecular formula is C25H34N4O2S. The van der Waals surface area contributed by atoms with Gasteiger partial charge in [0.2, 0.25) is 0 Å². The Bertz CT molecular complexity index is 972. The highest BCUT2D eigenvalue weighted by Gasteiger charge is 2.33. The molecule has 0 unspecified atom stereocenters. The Morgan fingerprint density at radius 3 is 2.62 bits per heavy atom. The maximum atomic E-state index is 12.4. The van der Waals surface area contributed by atoms with Crippen LogP contribution in [0.15, 0.2) is 40.7 Å². The number of anilines is 1. The van der Waals surface area contributed by atoms with Gasteiger partial charge in [0.1, 0.15) is 11.4 Å². The van der Waals surface area contributed by atoms with E-state index in [2.05, 4.69) is 28.1 Å². The standard InChI is InChI=1S/C25H34N4O2S/c1-25(2,3)31-24(30)28(4)19-8-10-20(11-9-19)29-14-13-17-16-18(7-12-21(17)29)27-23(26)22-6-5-15-32-22/h5-7,12,15-16,19-20H,8-11,13-14H2,1-4H3,(H2,26,27). The lowest BCUT2D eigenvalue weighted by Gasteiger charge is -2.39. The Hall–Kier alpha value is -2.54. The van der Waals surface area contributed by atoms with Gasteiger partial charge in [-0.25, -0.2) is 9.79 Å². The van der Waals surface area contributed by atoms with Gasteiger partial charge in [-0.05, 0) is 88.1 Å². The number of hydrogen-bond donors (Lipinski definition) is 1. The van der Waals surface area contributed by atoms with Gasteiger partial charge in [0.25, 0.3) is 0 Å². The summed E-state index contributed by atoms with van der Waals surface area (Å²) in [6, 6.07) is 11.2. The van der Waals surface area contributed by atoms with Gasteiger partial charge in [0.15, 0.2) is 0 Å². The molecule has 1 aliphatic carbocycles. The van der Waals surface area contributed by atoms with Crippen LogP contribution in [-0.4, -0.2) is 48.1 Å². The number of nitrogens with zero attached hydrogens (tertiary/aromatic N) is 3. The number of amides is 1. The van der Waals surface area contributed by atoms with Crippen molar-refractivity contribution < 1.29 is 9.53 Å². The molecule has 1 aromatic heterocycles. The number of ether oxygens (including phenoxy) is 1. The van der Waals surface area contributed by atoms with E-state index in [0.717, 1.165) is 49.2 Å². The first kappa shape index (κ1) is 22.6. The summed E-state index contributed by atoms with van der Waals surface area (Å²) in [6.07, 6.45) is 5.00. The number of hydrogen-bond acceptors (Lipinski definition) is 5. The molecule has 7 heteroatoms. The quantitative estimate of drug-likeness (QED) is 0.501. The zero-order valence-corrected chi connectivity index (χ0v) is 20.3. The SMILES string of the molecule is CN(C(=O)OC(C)(C)C)C1CCC(N2CCc3cc(N=C(N)c4cccs4)ccc32)CC1. The summed E-state index contributed by atoms with van der Waals surface area (Å²) in [7, 11) is 1.87. The minimum Gasteiger partial charge on any atom is -0.444 e. The second-order valence-electron chi connectivity index (χ2n) is 9.78. The molecule has 0 radical (unpaired) electrons. The van der Waals surface area contributed by atoms with Crippen LogP contribution in [0.1, 0.15) is 56.9 Å². The normalized spacial score (nSPS) is 21.4. The van der Waals surface area contributed by atoms with E-state index in [1.165, 1.54) is 11.3 Å². The molecule has 0 bridgehead atoms. The Morgan fingerprint density at radius 2 is 1.97 bits per heavy atom. The van der Waals surface area contributed by atoms with Crippen LogP contribution < -0.4 is 10.6 Å². The van der Waals surface area contributed by atoms with Crippen molar-refractivity contribution in [1.29, 1.82) is 0 Å². The van der Waals surface area contributed by atoms with Gasteiger partial charge in [0, 0.05) is 31.4 Å². The summed E-state index contributed by atoms with van der Waals surface area (Å²) in [5.41, 5.74) is 9.29. The summed E-state index contributed by atoms with van der Waals surface area (Å²) in [5, 5.41) is 2.01. The minimum absolute atomic E-state index is 0.220. The van der Waals surface area contributed by atoms with E-state index in [0.29, 0.717) is 11.9 Å². The zero-order chi connectivity index (χ0) is 22.9. The van der Waals surface area contributed by atoms with Crippen molar-refractivity contribution in [2.24, 2.45) is 10.7 Å². The highest BCUT2D eigenvalue weighted by Crippen LogP contribution is 2.37. The maximum Gasteiger partial charge on any atom is 0.410 e. The molecular weight excluding hydrogens is 420 g/mol. The van der Waals surface area contributed by atoms with Gasteiger partial charge < -0.3 is 20.3 Å². The number of amidine groups is 1. The summed E-state index contributed by atoms with van der Waals surface area (Å²) >= 11 is 1.60. The predicted molar refractivity (Wildman–Crippen MR) is 132 cm³/mol. The van der Waals surface area contributed by atoms with Crippen LogP contribution >= 0.6 is 11.3 Å². The highest BCUT2D eigenvalue weighted by molar-refractivity contribution is 7.12. The van der Waals surface area contributed by atoms with Crippen molar-refractivity contribution in [2.75, 3.05) is 18.5 Å². The molecule has 2 heterocycles. The fourth-order valence-electron chi connectivity index (χ4n) is 4.72. The number of nitrogens with two attached hydrogens (primary N) is 1. The number of rotatable bonds is 4. The highest BCUT2D eigenvalue weighted by atomic mass is 32.1. The van der Waals surface area contributed by atoms with Gasteiger partial charge in [-0.1, -0.05) is 6.07 Å². The molecule has 0 atom stereocenters. The molecule has 1 amide bonds. The summed E-state index contributed by atoms with van der Waals surface area (Å²) < 4.78 is 5.55. The van der Waals surface area contributed by atoms with Crippen LogP contribution in [0, 0.1) is 0 Å². The van der Waals surface area contributed by atoms with Gasteiger partial charge >= 0.3 is 6.09 Å². The van der Waals surface area contributed by atoms with Gasteiger partial charge in [0.05, 0.1) is 10.6 Å². The van der Waals surface area contributed by atoms with Crippen LogP contribution in [-0.2, 0) is 11.2 Å². The van der Waals surface area contributed by atoms with Crippen molar-refractivity contribution in [1.82, 2.24) is 4.90 Å². The third-order valence-electron chi connectivity index (χ3n) is 6.35. The predicted octanol–water partition coefficient (Wildman–Crippen LogP) is 5.33. The van der Waals surface area contributed by atoms with Crippen molar-refractivity contribution >= 4 is 34.6 Å². The van der Waals surface area contributed by atoms with Gasteiger partial charge in [-0.2, -0.15) is 0 Å². The lowest BCUT2D eigenvalue weighted by Crippen LogP contribution is -2.45. The molecule has 2 N–H and O–H groups in total. The fraction of sp³-hybridized carbons (Fsp3) is 0.520. The Morgan fingerprint density at radius 1 is 1.22 bits per heavy atom. The molecule has 32 heavy (non-hydrogen) atoms. The molecule has 1 aliphatic heterocycles. The molecule has 0 spiro atoms. The topological polar surface area (TPSA) is 71.2 Å². The lowest BCUT2D eigenvalue weighted by molar-refractivity contribution is 0.0183. The maximum absolute atomic E-state index is 12.4. The van der Waals surface area contributed by atoms with Crippen LogP contribution in [0.3, 0.4) is 0 Å². The summed E-state index contributed by atoms with van der Waals surface area (Å²) in [5.74, 6) is 0.572. The van der Waals surface area contributed by atoms with Crippen LogP contribution in [0.25, 0.3) is 0 Å². The van der Waals surface area contributed by atoms with Crippen LogP contribution in [0.2, 0.25) is 0 Å². The fourth-order valence-corrected chi connectivity index (χ4v) is 5.35. The zero-order valence-electron chi connectivity index (χ0n) is 19.5. The molecule has 2 aliphatic rings. The third-order valence-corrected chi connectivity index (χ3v) is 7.25. The van der Waals surface area contributed by atoms with E-state index in [-0.39, 0.29) is 12.1 Å². The first-order valence-corrected chi connectivity index (χ1v) is 12.3.